The van der Waals surface area contributed by atoms with Crippen molar-refractivity contribution in [3.8, 4) is 0 Å². The second-order valence-corrected chi connectivity index (χ2v) is 4.40. The maximum absolute atomic E-state index is 11.8. The van der Waals surface area contributed by atoms with E-state index < -0.39 is 5.97 Å². The lowest BCUT2D eigenvalue weighted by Crippen LogP contribution is -2.11. The Kier molecular flexibility index (Phi) is 2.95. The predicted molar refractivity (Wildman–Crippen MR) is 62.2 cm³/mol. The fourth-order valence-electron chi connectivity index (χ4n) is 1.55. The number of rotatable bonds is 2. The molecule has 7 heteroatoms. The Morgan fingerprint density at radius 2 is 2.29 bits per heavy atom. The van der Waals surface area contributed by atoms with Gasteiger partial charge in [0, 0.05) is 0 Å². The van der Waals surface area contributed by atoms with Gasteiger partial charge in [-0.15, -0.1) is 11.3 Å². The second kappa shape index (κ2) is 4.27. The number of hydrogen-bond acceptors (Lipinski definition) is 6. The Labute approximate surface area is 99.9 Å². The first-order valence-corrected chi connectivity index (χ1v) is 5.61. The van der Waals surface area contributed by atoms with Crippen molar-refractivity contribution in [2.24, 2.45) is 0 Å². The fraction of sp³-hybridized carbons (Fsp3) is 0.300. The summed E-state index contributed by atoms with van der Waals surface area (Å²) in [5, 5.41) is 9.30. The smallest absolute Gasteiger partial charge is 0.348 e. The zero-order valence-electron chi connectivity index (χ0n) is 9.23. The molecule has 2 aromatic rings. The van der Waals surface area contributed by atoms with Gasteiger partial charge in [-0.05, 0) is 12.5 Å². The van der Waals surface area contributed by atoms with Crippen LogP contribution in [0, 0.1) is 6.92 Å². The molecule has 0 spiro atoms. The van der Waals surface area contributed by atoms with E-state index in [1.807, 2.05) is 0 Å². The Hall–Kier alpha value is -1.73. The van der Waals surface area contributed by atoms with Gasteiger partial charge in [-0.1, -0.05) is 0 Å². The molecule has 2 aromatic heterocycles. The van der Waals surface area contributed by atoms with E-state index in [9.17, 15) is 9.59 Å². The van der Waals surface area contributed by atoms with E-state index in [4.69, 9.17) is 5.11 Å². The number of hydrogen-bond donors (Lipinski definition) is 2. The third-order valence-corrected chi connectivity index (χ3v) is 3.54. The molecule has 2 N–H and O–H groups in total. The summed E-state index contributed by atoms with van der Waals surface area (Å²) < 4.78 is 4.63. The highest BCUT2D eigenvalue weighted by Crippen LogP contribution is 2.27. The zero-order valence-corrected chi connectivity index (χ0v) is 10.1. The first-order chi connectivity index (χ1) is 8.08. The van der Waals surface area contributed by atoms with Crippen LogP contribution in [-0.2, 0) is 11.3 Å². The number of aliphatic hydroxyl groups excluding tert-OH is 1. The second-order valence-electron chi connectivity index (χ2n) is 3.40. The number of methoxy groups -OCH3 is 1. The lowest BCUT2D eigenvalue weighted by atomic mass is 10.2. The van der Waals surface area contributed by atoms with Gasteiger partial charge in [-0.25, -0.2) is 9.78 Å². The van der Waals surface area contributed by atoms with E-state index in [1.54, 1.807) is 6.92 Å². The summed E-state index contributed by atoms with van der Waals surface area (Å²) in [7, 11) is 1.28. The highest BCUT2D eigenvalue weighted by molar-refractivity contribution is 7.20. The molecule has 0 aliphatic rings. The maximum Gasteiger partial charge on any atom is 0.348 e. The van der Waals surface area contributed by atoms with Crippen LogP contribution in [0.1, 0.15) is 21.1 Å². The van der Waals surface area contributed by atoms with Gasteiger partial charge in [0.05, 0.1) is 12.5 Å². The molecule has 0 bridgehead atoms. The van der Waals surface area contributed by atoms with Gasteiger partial charge < -0.3 is 14.8 Å². The number of esters is 1. The Morgan fingerprint density at radius 1 is 1.59 bits per heavy atom. The summed E-state index contributed by atoms with van der Waals surface area (Å²) in [4.78, 5) is 30.5. The highest BCUT2D eigenvalue weighted by Gasteiger charge is 2.19. The minimum absolute atomic E-state index is 0.181. The van der Waals surface area contributed by atoms with Crippen molar-refractivity contribution in [2.75, 3.05) is 7.11 Å². The van der Waals surface area contributed by atoms with Gasteiger partial charge in [-0.3, -0.25) is 4.79 Å². The minimum Gasteiger partial charge on any atom is -0.465 e. The number of aryl methyl sites for hydroxylation is 1. The van der Waals surface area contributed by atoms with E-state index in [0.717, 1.165) is 11.3 Å². The molecule has 6 nitrogen and oxygen atoms in total. The summed E-state index contributed by atoms with van der Waals surface area (Å²) in [6.07, 6.45) is 0. The SMILES string of the molecule is COC(=O)c1sc2nc(CO)[nH]c(=O)c2c1C. The molecule has 0 aliphatic carbocycles. The number of carbonyl (C=O) groups excluding carboxylic acids is 1. The molecule has 0 aliphatic heterocycles. The fourth-order valence-corrected chi connectivity index (χ4v) is 2.67. The molecule has 0 radical (unpaired) electrons. The summed E-state index contributed by atoms with van der Waals surface area (Å²) in [6, 6.07) is 0. The van der Waals surface area contributed by atoms with E-state index in [2.05, 4.69) is 14.7 Å². The third kappa shape index (κ3) is 1.83. The van der Waals surface area contributed by atoms with Crippen molar-refractivity contribution in [1.29, 1.82) is 0 Å². The van der Waals surface area contributed by atoms with E-state index in [1.165, 1.54) is 7.11 Å². The number of fused-ring (bicyclic) bond motifs is 1. The van der Waals surface area contributed by atoms with E-state index in [0.29, 0.717) is 20.7 Å². The molecule has 17 heavy (non-hydrogen) atoms. The number of nitrogens with one attached hydrogen (secondary N) is 1. The predicted octanol–water partition coefficient (Wildman–Crippen LogP) is 0.572. The van der Waals surface area contributed by atoms with Crippen LogP contribution in [0.4, 0.5) is 0 Å². The van der Waals surface area contributed by atoms with Crippen molar-refractivity contribution in [2.45, 2.75) is 13.5 Å². The lowest BCUT2D eigenvalue weighted by Gasteiger charge is -1.96. The number of aromatic nitrogens is 2. The molecular formula is C10H10N2O4S. The third-order valence-electron chi connectivity index (χ3n) is 2.37. The standard InChI is InChI=1S/C10H10N2O4S/c1-4-6-8(14)11-5(3-13)12-9(6)17-7(4)10(15)16-2/h13H,3H2,1-2H3,(H,11,12,14). The maximum atomic E-state index is 11.8. The van der Waals surface area contributed by atoms with Crippen LogP contribution in [-0.4, -0.2) is 28.2 Å². The van der Waals surface area contributed by atoms with Crippen molar-refractivity contribution >= 4 is 27.5 Å². The van der Waals surface area contributed by atoms with Crippen LogP contribution in [0.2, 0.25) is 0 Å². The first kappa shape index (κ1) is 11.7. The number of aromatic amines is 1. The van der Waals surface area contributed by atoms with E-state index in [-0.39, 0.29) is 18.0 Å². The number of thiophene rings is 1. The molecule has 90 valence electrons. The van der Waals surface area contributed by atoms with Gasteiger partial charge in [0.2, 0.25) is 0 Å². The van der Waals surface area contributed by atoms with E-state index >= 15 is 0 Å². The number of aliphatic hydroxyl groups is 1. The monoisotopic (exact) mass is 254 g/mol. The van der Waals surface area contributed by atoms with Gasteiger partial charge in [-0.2, -0.15) is 0 Å². The number of ether oxygens (including phenoxy) is 1. The molecule has 0 saturated carbocycles. The average Bonchev–Trinajstić information content (AvgIpc) is 2.66. The molecule has 2 rings (SSSR count). The number of H-pyrrole nitrogens is 1. The summed E-state index contributed by atoms with van der Waals surface area (Å²) >= 11 is 1.08. The van der Waals surface area contributed by atoms with Crippen LogP contribution >= 0.6 is 11.3 Å². The molecule has 0 atom stereocenters. The molecule has 2 heterocycles. The van der Waals surface area contributed by atoms with Crippen LogP contribution in [0.15, 0.2) is 4.79 Å². The Bertz CT molecular complexity index is 644. The normalized spacial score (nSPS) is 10.8. The Balaban J connectivity index is 2.78. The van der Waals surface area contributed by atoms with Crippen LogP contribution in [0.5, 0.6) is 0 Å². The Morgan fingerprint density at radius 3 is 2.88 bits per heavy atom. The summed E-state index contributed by atoms with van der Waals surface area (Å²) in [6.45, 7) is 1.32. The van der Waals surface area contributed by atoms with Crippen LogP contribution in [0.3, 0.4) is 0 Å². The molecule has 0 aromatic carbocycles. The van der Waals surface area contributed by atoms with Crippen LogP contribution < -0.4 is 5.56 Å². The van der Waals surface area contributed by atoms with Crippen molar-refractivity contribution in [3.63, 3.8) is 0 Å². The zero-order chi connectivity index (χ0) is 12.6. The summed E-state index contributed by atoms with van der Waals surface area (Å²) in [5.41, 5.74) is 0.193. The minimum atomic E-state index is -0.490. The molecule has 0 fully saturated rings. The molecule has 0 saturated heterocycles. The van der Waals surface area contributed by atoms with Gasteiger partial charge >= 0.3 is 5.97 Å². The topological polar surface area (TPSA) is 92.3 Å². The lowest BCUT2D eigenvalue weighted by molar-refractivity contribution is 0.0605. The molecular weight excluding hydrogens is 244 g/mol. The average molecular weight is 254 g/mol. The van der Waals surface area contributed by atoms with Gasteiger partial charge in [0.1, 0.15) is 22.1 Å². The quantitative estimate of drug-likeness (QED) is 0.764. The van der Waals surface area contributed by atoms with Crippen molar-refractivity contribution in [3.05, 3.63) is 26.6 Å². The molecule has 0 unspecified atom stereocenters. The number of carbonyl (C=O) groups is 1. The van der Waals surface area contributed by atoms with Gasteiger partial charge in [0.25, 0.3) is 5.56 Å². The molecule has 0 amide bonds. The van der Waals surface area contributed by atoms with Crippen LogP contribution in [0.25, 0.3) is 10.2 Å². The number of nitrogens with zero attached hydrogens (tertiary/aromatic N) is 1. The largest absolute Gasteiger partial charge is 0.465 e. The van der Waals surface area contributed by atoms with Crippen molar-refractivity contribution < 1.29 is 14.6 Å². The van der Waals surface area contributed by atoms with Gasteiger partial charge in [0.15, 0.2) is 0 Å². The van der Waals surface area contributed by atoms with Crippen molar-refractivity contribution in [1.82, 2.24) is 9.97 Å². The first-order valence-electron chi connectivity index (χ1n) is 4.80. The highest BCUT2D eigenvalue weighted by atomic mass is 32.1. The summed E-state index contributed by atoms with van der Waals surface area (Å²) in [5.74, 6) is -0.310.